The Bertz CT molecular complexity index is 1430. The van der Waals surface area contributed by atoms with Gasteiger partial charge in [0.2, 0.25) is 0 Å². The number of carbonyl (C=O) groups is 2. The van der Waals surface area contributed by atoms with E-state index in [1.165, 1.54) is 12.1 Å². The molecule has 2 aromatic carbocycles. The van der Waals surface area contributed by atoms with Crippen molar-refractivity contribution in [3.8, 4) is 5.75 Å². The van der Waals surface area contributed by atoms with Crippen LogP contribution in [-0.2, 0) is 27.3 Å². The fraction of sp³-hybridized carbons (Fsp3) is 0.323. The lowest BCUT2D eigenvalue weighted by molar-refractivity contribution is -0.142. The van der Waals surface area contributed by atoms with E-state index in [9.17, 15) is 14.0 Å². The Hall–Kier alpha value is -4.40. The van der Waals surface area contributed by atoms with E-state index in [-0.39, 0.29) is 31.9 Å². The van der Waals surface area contributed by atoms with Crippen molar-refractivity contribution in [3.63, 3.8) is 0 Å². The van der Waals surface area contributed by atoms with Crippen molar-refractivity contribution < 1.29 is 32.6 Å². The highest BCUT2D eigenvalue weighted by Gasteiger charge is 2.18. The zero-order valence-corrected chi connectivity index (χ0v) is 23.5. The minimum atomic E-state index is -0.625. The van der Waals surface area contributed by atoms with Crippen molar-refractivity contribution in [1.29, 1.82) is 0 Å². The van der Waals surface area contributed by atoms with Gasteiger partial charge < -0.3 is 23.9 Å². The number of halogens is 1. The molecule has 1 aromatic heterocycles. The van der Waals surface area contributed by atoms with Crippen molar-refractivity contribution in [2.75, 3.05) is 13.2 Å². The zero-order chi connectivity index (χ0) is 29.3. The van der Waals surface area contributed by atoms with Crippen LogP contribution in [-0.4, -0.2) is 37.5 Å². The van der Waals surface area contributed by atoms with E-state index < -0.39 is 23.5 Å². The fourth-order valence-corrected chi connectivity index (χ4v) is 3.94. The molecule has 0 radical (unpaired) electrons. The molecule has 0 aliphatic carbocycles. The van der Waals surface area contributed by atoms with Crippen molar-refractivity contribution in [2.45, 2.75) is 53.2 Å². The molecule has 0 aliphatic rings. The third-order valence-corrected chi connectivity index (χ3v) is 5.64. The van der Waals surface area contributed by atoms with E-state index in [1.54, 1.807) is 46.1 Å². The third kappa shape index (κ3) is 8.30. The predicted octanol–water partition coefficient (Wildman–Crippen LogP) is 6.77. The van der Waals surface area contributed by atoms with Gasteiger partial charge in [0.15, 0.2) is 11.6 Å². The van der Waals surface area contributed by atoms with E-state index in [0.29, 0.717) is 16.8 Å². The fourth-order valence-electron chi connectivity index (χ4n) is 3.94. The van der Waals surface area contributed by atoms with E-state index in [2.05, 4.69) is 17.0 Å². The zero-order valence-electron chi connectivity index (χ0n) is 23.5. The summed E-state index contributed by atoms with van der Waals surface area (Å²) in [5.74, 6) is -1.03. The largest absolute Gasteiger partial charge is 0.486 e. The topological polar surface area (TPSA) is 99.4 Å². The summed E-state index contributed by atoms with van der Waals surface area (Å²) in [6.07, 6.45) is 4.60. The molecule has 1 heterocycles. The number of rotatable bonds is 11. The molecule has 40 heavy (non-hydrogen) atoms. The molecule has 3 aromatic rings. The summed E-state index contributed by atoms with van der Waals surface area (Å²) in [7, 11) is 0. The highest BCUT2D eigenvalue weighted by Crippen LogP contribution is 2.31. The minimum Gasteiger partial charge on any atom is -0.486 e. The number of allylic oxidation sites excluding steroid dienone is 3. The van der Waals surface area contributed by atoms with Crippen LogP contribution >= 0.6 is 0 Å². The molecule has 1 amide bonds. The Morgan fingerprint density at radius 2 is 1.98 bits per heavy atom. The van der Waals surface area contributed by atoms with Crippen LogP contribution < -0.4 is 10.1 Å². The molecule has 9 heteroatoms. The first-order valence-corrected chi connectivity index (χ1v) is 12.9. The first-order chi connectivity index (χ1) is 19.0. The Balaban J connectivity index is 1.86. The normalized spacial score (nSPS) is 12.2. The lowest BCUT2D eigenvalue weighted by Crippen LogP contribution is -2.33. The first kappa shape index (κ1) is 30.1. The van der Waals surface area contributed by atoms with Crippen molar-refractivity contribution >= 4 is 35.3 Å². The van der Waals surface area contributed by atoms with Gasteiger partial charge in [-0.3, -0.25) is 9.79 Å². The van der Waals surface area contributed by atoms with Crippen LogP contribution in [0.5, 0.6) is 5.75 Å². The van der Waals surface area contributed by atoms with Crippen LogP contribution in [0.15, 0.2) is 69.9 Å². The highest BCUT2D eigenvalue weighted by atomic mass is 19.1. The summed E-state index contributed by atoms with van der Waals surface area (Å²) in [4.78, 5) is 28.2. The standard InChI is InChI=1S/C31H35FN2O6/c1-7-21(16-24(33-6)18-34-30(36)40-31(3,4)5)25-15-20(14-23-12-13-38-28(23)25)19-39-29-22(10-9-11-26(29)32)17-27(35)37-8-2/h7,9-16H,6,8,17-19H2,1-5H3,(H,34,36)/b21-7+,24-16-. The minimum absolute atomic E-state index is 0.00177. The molecule has 0 bridgehead atoms. The van der Waals surface area contributed by atoms with Crippen LogP contribution in [0, 0.1) is 5.82 Å². The number of fused-ring (bicyclic) bond motifs is 1. The second-order valence-electron chi connectivity index (χ2n) is 9.87. The van der Waals surface area contributed by atoms with E-state index in [0.717, 1.165) is 22.1 Å². The summed E-state index contributed by atoms with van der Waals surface area (Å²) in [5, 5.41) is 3.51. The quantitative estimate of drug-likeness (QED) is 0.161. The number of alkyl carbamates (subject to hydrolysis) is 1. The number of hydrogen-bond donors (Lipinski definition) is 1. The number of aliphatic imine (C=N–C) groups is 1. The number of nitrogens with zero attached hydrogens (tertiary/aromatic N) is 1. The lowest BCUT2D eigenvalue weighted by atomic mass is 9.99. The van der Waals surface area contributed by atoms with Crippen LogP contribution in [0.1, 0.15) is 51.3 Å². The molecule has 8 nitrogen and oxygen atoms in total. The van der Waals surface area contributed by atoms with Crippen molar-refractivity contribution in [1.82, 2.24) is 5.32 Å². The molecule has 0 spiro atoms. The number of para-hydroxylation sites is 1. The van der Waals surface area contributed by atoms with Crippen molar-refractivity contribution in [3.05, 3.63) is 83.0 Å². The second-order valence-corrected chi connectivity index (χ2v) is 9.87. The molecule has 212 valence electrons. The molecule has 1 N–H and O–H groups in total. The van der Waals surface area contributed by atoms with Gasteiger partial charge in [-0.2, -0.15) is 0 Å². The van der Waals surface area contributed by atoms with E-state index in [4.69, 9.17) is 18.6 Å². The summed E-state index contributed by atoms with van der Waals surface area (Å²) < 4.78 is 36.7. The molecular formula is C31H35FN2O6. The van der Waals surface area contributed by atoms with E-state index >= 15 is 0 Å². The molecule has 3 rings (SSSR count). The van der Waals surface area contributed by atoms with Gasteiger partial charge in [0.1, 0.15) is 17.8 Å². The van der Waals surface area contributed by atoms with E-state index in [1.807, 2.05) is 31.2 Å². The lowest BCUT2D eigenvalue weighted by Gasteiger charge is -2.19. The van der Waals surface area contributed by atoms with Crippen LogP contribution in [0.3, 0.4) is 0 Å². The third-order valence-electron chi connectivity index (χ3n) is 5.64. The Morgan fingerprint density at radius 3 is 2.65 bits per heavy atom. The van der Waals surface area contributed by atoms with Gasteiger partial charge in [-0.15, -0.1) is 0 Å². The number of esters is 1. The summed E-state index contributed by atoms with van der Waals surface area (Å²) in [6, 6.07) is 10.0. The first-order valence-electron chi connectivity index (χ1n) is 12.9. The molecular weight excluding hydrogens is 515 g/mol. The number of ether oxygens (including phenoxy) is 3. The predicted molar refractivity (Wildman–Crippen MR) is 153 cm³/mol. The van der Waals surface area contributed by atoms with Gasteiger partial charge in [0, 0.05) is 16.5 Å². The number of hydrogen-bond acceptors (Lipinski definition) is 7. The molecule has 0 aliphatic heterocycles. The van der Waals surface area contributed by atoms with Crippen molar-refractivity contribution in [2.24, 2.45) is 4.99 Å². The summed E-state index contributed by atoms with van der Waals surface area (Å²) >= 11 is 0. The maximum Gasteiger partial charge on any atom is 0.407 e. The van der Waals surface area contributed by atoms with Crippen LogP contribution in [0.25, 0.3) is 16.5 Å². The second kappa shape index (κ2) is 13.6. The van der Waals surface area contributed by atoms with Gasteiger partial charge in [-0.1, -0.05) is 18.2 Å². The SMILES string of the molecule is C=N/C(=C\C(=C/C)c1cc(COc2c(F)cccc2CC(=O)OCC)cc2ccoc12)CNC(=O)OC(C)(C)C. The van der Waals surface area contributed by atoms with Crippen LogP contribution in [0.4, 0.5) is 9.18 Å². The number of benzene rings is 2. The highest BCUT2D eigenvalue weighted by molar-refractivity contribution is 5.93. The summed E-state index contributed by atoms with van der Waals surface area (Å²) in [5.41, 5.74) is 3.20. The van der Waals surface area contributed by atoms with Gasteiger partial charge in [0.05, 0.1) is 31.5 Å². The summed E-state index contributed by atoms with van der Waals surface area (Å²) in [6.45, 7) is 12.9. The molecule has 0 saturated carbocycles. The Labute approximate surface area is 233 Å². The molecule has 0 unspecified atom stereocenters. The number of carbonyl (C=O) groups excluding carboxylic acids is 2. The molecule has 0 fully saturated rings. The Morgan fingerprint density at radius 1 is 1.20 bits per heavy atom. The molecule has 0 saturated heterocycles. The van der Waals surface area contributed by atoms with Gasteiger partial charge in [-0.25, -0.2) is 9.18 Å². The Kier molecular flexibility index (Phi) is 10.2. The number of amides is 1. The monoisotopic (exact) mass is 550 g/mol. The number of furan rings is 1. The average molecular weight is 551 g/mol. The maximum absolute atomic E-state index is 14.7. The maximum atomic E-state index is 14.7. The van der Waals surface area contributed by atoms with Crippen LogP contribution in [0.2, 0.25) is 0 Å². The average Bonchev–Trinajstić information content (AvgIpc) is 3.36. The number of nitrogens with one attached hydrogen (secondary N) is 1. The van der Waals surface area contributed by atoms with Gasteiger partial charge >= 0.3 is 12.1 Å². The van der Waals surface area contributed by atoms with Gasteiger partial charge in [0.25, 0.3) is 0 Å². The smallest absolute Gasteiger partial charge is 0.407 e. The molecule has 0 atom stereocenters. The van der Waals surface area contributed by atoms with Gasteiger partial charge in [-0.05, 0) is 82.8 Å².